The molecule has 6 N–H and O–H groups in total. The molecule has 0 aliphatic carbocycles. The number of carbonyl (C=O) groups is 1. The molecule has 188 valence electrons. The zero-order chi connectivity index (χ0) is 25.9. The van der Waals surface area contributed by atoms with Crippen LogP contribution in [0.25, 0.3) is 0 Å². The van der Waals surface area contributed by atoms with E-state index in [9.17, 15) is 13.2 Å². The maximum Gasteiger partial charge on any atom is 0.280 e. The Bertz CT molecular complexity index is 1440. The Kier molecular flexibility index (Phi) is 7.48. The topological polar surface area (TPSA) is 149 Å². The summed E-state index contributed by atoms with van der Waals surface area (Å²) in [6.07, 6.45) is 0. The first-order chi connectivity index (χ1) is 17.1. The minimum absolute atomic E-state index is 0.0363. The van der Waals surface area contributed by atoms with E-state index in [4.69, 9.17) is 27.8 Å². The molecule has 1 aliphatic heterocycles. The van der Waals surface area contributed by atoms with Gasteiger partial charge in [0, 0.05) is 36.4 Å². The van der Waals surface area contributed by atoms with Crippen molar-refractivity contribution in [3.05, 3.63) is 81.9 Å². The molecule has 4 rings (SSSR count). The highest BCUT2D eigenvalue weighted by Crippen LogP contribution is 2.44. The number of hydrogen-bond acceptors (Lipinski definition) is 6. The summed E-state index contributed by atoms with van der Waals surface area (Å²) in [5, 5.41) is 6.89. The monoisotopic (exact) mass is 527 g/mol. The van der Waals surface area contributed by atoms with Crippen LogP contribution < -0.4 is 26.8 Å². The molecule has 0 atom stereocenters. The van der Waals surface area contributed by atoms with E-state index in [0.29, 0.717) is 29.9 Å². The van der Waals surface area contributed by atoms with E-state index >= 15 is 0 Å². The van der Waals surface area contributed by atoms with Crippen molar-refractivity contribution in [2.75, 3.05) is 18.4 Å². The molecular formula is C25H26ClN5O4S. The number of fused-ring (bicyclic) bond motifs is 2. The highest BCUT2D eigenvalue weighted by molar-refractivity contribution is 7.90. The molecule has 0 bridgehead atoms. The Morgan fingerprint density at radius 2 is 1.83 bits per heavy atom. The van der Waals surface area contributed by atoms with E-state index in [2.05, 4.69) is 15.6 Å². The molecule has 0 aromatic heterocycles. The molecule has 0 spiro atoms. The second-order valence-electron chi connectivity index (χ2n) is 8.36. The van der Waals surface area contributed by atoms with Gasteiger partial charge < -0.3 is 26.8 Å². The molecule has 0 saturated heterocycles. The average Bonchev–Trinajstić information content (AvgIpc) is 2.93. The molecular weight excluding hydrogens is 502 g/mol. The van der Waals surface area contributed by atoms with Crippen molar-refractivity contribution >= 4 is 39.0 Å². The fourth-order valence-electron chi connectivity index (χ4n) is 3.89. The number of aryl methyl sites for hydroxylation is 1. The maximum atomic E-state index is 13.3. The van der Waals surface area contributed by atoms with E-state index in [1.54, 1.807) is 19.1 Å². The van der Waals surface area contributed by atoms with Crippen molar-refractivity contribution in [1.29, 1.82) is 0 Å². The zero-order valence-corrected chi connectivity index (χ0v) is 21.1. The highest BCUT2D eigenvalue weighted by Gasteiger charge is 2.31. The van der Waals surface area contributed by atoms with Gasteiger partial charge in [-0.2, -0.15) is 4.99 Å². The summed E-state index contributed by atoms with van der Waals surface area (Å²) in [5.74, 6) is -1.14. The second kappa shape index (κ2) is 10.6. The summed E-state index contributed by atoms with van der Waals surface area (Å²) < 4.78 is 32.6. The normalized spacial score (nSPS) is 13.5. The van der Waals surface area contributed by atoms with E-state index in [0.717, 1.165) is 6.54 Å². The lowest BCUT2D eigenvalue weighted by atomic mass is 10.1. The second-order valence-corrected chi connectivity index (χ2v) is 10.7. The molecule has 0 fully saturated rings. The largest absolute Gasteiger partial charge is 0.454 e. The molecule has 3 aromatic carbocycles. The van der Waals surface area contributed by atoms with Gasteiger partial charge in [-0.25, -0.2) is 8.42 Å². The van der Waals surface area contributed by atoms with Gasteiger partial charge in [-0.15, -0.1) is 0 Å². The number of aliphatic imine (C=N–C) groups is 1. The molecule has 0 saturated carbocycles. The predicted octanol–water partition coefficient (Wildman–Crippen LogP) is 3.34. The van der Waals surface area contributed by atoms with Crippen molar-refractivity contribution in [3.8, 4) is 11.5 Å². The first-order valence-corrected chi connectivity index (χ1v) is 13.2. The quantitative estimate of drug-likeness (QED) is 0.207. The summed E-state index contributed by atoms with van der Waals surface area (Å²) in [5.41, 5.74) is 13.3. The molecule has 11 heteroatoms. The van der Waals surface area contributed by atoms with Crippen LogP contribution in [0.4, 0.5) is 5.69 Å². The van der Waals surface area contributed by atoms with Crippen molar-refractivity contribution in [2.24, 2.45) is 16.5 Å². The van der Waals surface area contributed by atoms with E-state index < -0.39 is 21.7 Å². The lowest BCUT2D eigenvalue weighted by molar-refractivity contribution is 0.100. The Morgan fingerprint density at radius 3 is 2.56 bits per heavy atom. The number of anilines is 1. The number of ether oxygens (including phenoxy) is 1. The molecule has 1 aliphatic rings. The Labute approximate surface area is 214 Å². The lowest BCUT2D eigenvalue weighted by Crippen LogP contribution is -2.24. The molecule has 36 heavy (non-hydrogen) atoms. The summed E-state index contributed by atoms with van der Waals surface area (Å²) in [6, 6.07) is 16.2. The summed E-state index contributed by atoms with van der Waals surface area (Å²) >= 11 is 6.52. The first-order valence-electron chi connectivity index (χ1n) is 11.1. The minimum atomic E-state index is -3.88. The van der Waals surface area contributed by atoms with E-state index in [-0.39, 0.29) is 32.7 Å². The third-order valence-electron chi connectivity index (χ3n) is 5.53. The third-order valence-corrected chi connectivity index (χ3v) is 7.47. The van der Waals surface area contributed by atoms with Crippen LogP contribution in [-0.4, -0.2) is 33.4 Å². The summed E-state index contributed by atoms with van der Waals surface area (Å²) in [7, 11) is -3.88. The number of halogens is 1. The molecule has 1 heterocycles. The van der Waals surface area contributed by atoms with Gasteiger partial charge in [0.1, 0.15) is 16.4 Å². The number of carbonyl (C=O) groups excluding carboxylic acids is 1. The predicted molar refractivity (Wildman–Crippen MR) is 140 cm³/mol. The summed E-state index contributed by atoms with van der Waals surface area (Å²) in [4.78, 5) is 15.7. The fraction of sp³-hybridized carbons (Fsp3) is 0.200. The fourth-order valence-corrected chi connectivity index (χ4v) is 5.74. The Balaban J connectivity index is 1.54. The molecule has 0 unspecified atom stereocenters. The number of benzene rings is 3. The average molecular weight is 528 g/mol. The highest BCUT2D eigenvalue weighted by atomic mass is 35.5. The number of guanidine groups is 1. The smallest absolute Gasteiger partial charge is 0.280 e. The molecule has 9 nitrogen and oxygen atoms in total. The van der Waals surface area contributed by atoms with Crippen LogP contribution >= 0.6 is 11.6 Å². The van der Waals surface area contributed by atoms with Gasteiger partial charge >= 0.3 is 0 Å². The number of nitrogens with one attached hydrogen (secondary N) is 2. The standard InChI is InChI=1S/C25H26ClN5O4S/c1-15-9-17(24(32)31-25(27)28)11-21-22(15)35-23-18(14-36(21,33)34)10-19(12-20(23)26)30-8-7-29-13-16-5-3-2-4-6-16/h2-6,9-12,29-30H,7-8,13-14H2,1H3,(H4,27,28,31,32). The number of hydrogen-bond donors (Lipinski definition) is 4. The van der Waals surface area contributed by atoms with Gasteiger partial charge in [0.25, 0.3) is 5.91 Å². The van der Waals surface area contributed by atoms with Gasteiger partial charge in [-0.3, -0.25) is 4.79 Å². The van der Waals surface area contributed by atoms with Crippen molar-refractivity contribution in [1.82, 2.24) is 5.32 Å². The zero-order valence-electron chi connectivity index (χ0n) is 19.5. The van der Waals surface area contributed by atoms with Crippen LogP contribution in [0.1, 0.15) is 27.0 Å². The molecule has 3 aromatic rings. The lowest BCUT2D eigenvalue weighted by Gasteiger charge is -2.15. The van der Waals surface area contributed by atoms with Gasteiger partial charge in [-0.1, -0.05) is 41.9 Å². The van der Waals surface area contributed by atoms with Crippen LogP contribution in [0.15, 0.2) is 64.5 Å². The van der Waals surface area contributed by atoms with E-state index in [1.165, 1.54) is 17.7 Å². The number of sulfone groups is 1. The SMILES string of the molecule is Cc1cc(C(=O)N=C(N)N)cc2c1Oc1c(Cl)cc(NCCNCc3ccccc3)cc1CS2(=O)=O. The number of nitrogens with two attached hydrogens (primary N) is 2. The van der Waals surface area contributed by atoms with Gasteiger partial charge in [-0.05, 0) is 42.3 Å². The molecule has 1 amide bonds. The van der Waals surface area contributed by atoms with Crippen LogP contribution in [0.2, 0.25) is 5.02 Å². The minimum Gasteiger partial charge on any atom is -0.454 e. The number of nitrogens with zero attached hydrogens (tertiary/aromatic N) is 1. The Hall–Kier alpha value is -3.60. The number of rotatable bonds is 7. The van der Waals surface area contributed by atoms with Crippen LogP contribution in [0.3, 0.4) is 0 Å². The van der Waals surface area contributed by atoms with Crippen LogP contribution in [0, 0.1) is 6.92 Å². The van der Waals surface area contributed by atoms with Gasteiger partial charge in [0.15, 0.2) is 15.8 Å². The third kappa shape index (κ3) is 5.78. The van der Waals surface area contributed by atoms with E-state index in [1.807, 2.05) is 30.3 Å². The van der Waals surface area contributed by atoms with Crippen molar-refractivity contribution in [2.45, 2.75) is 24.1 Å². The van der Waals surface area contributed by atoms with Crippen molar-refractivity contribution in [3.63, 3.8) is 0 Å². The maximum absolute atomic E-state index is 13.3. The van der Waals surface area contributed by atoms with Gasteiger partial charge in [0.2, 0.25) is 0 Å². The summed E-state index contributed by atoms with van der Waals surface area (Å²) in [6.45, 7) is 3.67. The van der Waals surface area contributed by atoms with Gasteiger partial charge in [0.05, 0.1) is 10.8 Å². The number of amides is 1. The van der Waals surface area contributed by atoms with Crippen LogP contribution in [-0.2, 0) is 22.1 Å². The Morgan fingerprint density at radius 1 is 1.08 bits per heavy atom. The molecule has 0 radical (unpaired) electrons. The van der Waals surface area contributed by atoms with Crippen molar-refractivity contribution < 1.29 is 17.9 Å². The first kappa shape index (κ1) is 25.5. The van der Waals surface area contributed by atoms with Crippen LogP contribution in [0.5, 0.6) is 11.5 Å².